The van der Waals surface area contributed by atoms with Gasteiger partial charge in [-0.2, -0.15) is 0 Å². The average Bonchev–Trinajstić information content (AvgIpc) is 2.25. The minimum absolute atomic E-state index is 0.0378. The van der Waals surface area contributed by atoms with Crippen LogP contribution in [0.5, 0.6) is 0 Å². The van der Waals surface area contributed by atoms with E-state index in [2.05, 4.69) is 17.2 Å². The molecule has 3 heteroatoms. The molecule has 1 aromatic carbocycles. The number of hydrogen-bond donors (Lipinski definition) is 1. The van der Waals surface area contributed by atoms with Gasteiger partial charge in [0, 0.05) is 24.1 Å². The summed E-state index contributed by atoms with van der Waals surface area (Å²) in [5, 5.41) is 2.98. The molecule has 0 heterocycles. The molecule has 15 heavy (non-hydrogen) atoms. The summed E-state index contributed by atoms with van der Waals surface area (Å²) in [6.07, 6.45) is -1.65. The number of benzene rings is 1. The largest absolute Gasteiger partial charge is 0.319 e. The van der Waals surface area contributed by atoms with Crippen LogP contribution < -0.4 is 5.32 Å². The van der Waals surface area contributed by atoms with E-state index in [4.69, 9.17) is 0 Å². The van der Waals surface area contributed by atoms with Gasteiger partial charge >= 0.3 is 0 Å². The maximum Gasteiger partial charge on any atom is 0.263 e. The van der Waals surface area contributed by atoms with Crippen molar-refractivity contribution in [2.75, 3.05) is 13.6 Å². The van der Waals surface area contributed by atoms with Crippen molar-refractivity contribution in [3.8, 4) is 11.8 Å². The Balaban J connectivity index is 2.59. The first-order valence-corrected chi connectivity index (χ1v) is 4.75. The molecular weight excluding hydrogens is 196 g/mol. The maximum atomic E-state index is 12.2. The third-order valence-electron chi connectivity index (χ3n) is 1.90. The first-order valence-electron chi connectivity index (χ1n) is 4.75. The summed E-state index contributed by atoms with van der Waals surface area (Å²) in [6.45, 7) is 0.835. The van der Waals surface area contributed by atoms with Crippen LogP contribution in [0.15, 0.2) is 24.3 Å². The Labute approximate surface area is 88.5 Å². The molecule has 0 bridgehead atoms. The topological polar surface area (TPSA) is 12.0 Å². The quantitative estimate of drug-likeness (QED) is 0.596. The van der Waals surface area contributed by atoms with Crippen molar-refractivity contribution < 1.29 is 8.78 Å². The van der Waals surface area contributed by atoms with Crippen LogP contribution in [-0.2, 0) is 0 Å². The molecule has 0 amide bonds. The minimum atomic E-state index is -2.41. The summed E-state index contributed by atoms with van der Waals surface area (Å²) < 4.78 is 24.4. The molecule has 1 aromatic rings. The van der Waals surface area contributed by atoms with Crippen LogP contribution in [0.4, 0.5) is 8.78 Å². The summed E-state index contributed by atoms with van der Waals surface area (Å²) in [7, 11) is 1.86. The summed E-state index contributed by atoms with van der Waals surface area (Å²) in [6, 6.07) is 6.06. The molecular formula is C12H13F2N. The Morgan fingerprint density at radius 1 is 1.27 bits per heavy atom. The summed E-state index contributed by atoms with van der Waals surface area (Å²) >= 11 is 0. The molecule has 0 atom stereocenters. The lowest BCUT2D eigenvalue weighted by atomic mass is 10.1. The second kappa shape index (κ2) is 6.15. The Bertz CT molecular complexity index is 346. The fourth-order valence-corrected chi connectivity index (χ4v) is 1.06. The lowest BCUT2D eigenvalue weighted by molar-refractivity contribution is 0.151. The van der Waals surface area contributed by atoms with Gasteiger partial charge in [-0.25, -0.2) is 8.78 Å². The van der Waals surface area contributed by atoms with Crippen molar-refractivity contribution in [3.63, 3.8) is 0 Å². The van der Waals surface area contributed by atoms with E-state index in [1.807, 2.05) is 7.05 Å². The average molecular weight is 209 g/mol. The molecule has 0 aliphatic rings. The van der Waals surface area contributed by atoms with Crippen molar-refractivity contribution in [2.24, 2.45) is 0 Å². The predicted octanol–water partition coefficient (Wildman–Crippen LogP) is 2.59. The number of rotatable bonds is 3. The highest BCUT2D eigenvalue weighted by molar-refractivity contribution is 5.36. The van der Waals surface area contributed by atoms with Gasteiger partial charge in [0.05, 0.1) is 0 Å². The molecule has 0 saturated carbocycles. The van der Waals surface area contributed by atoms with Crippen LogP contribution in [0, 0.1) is 11.8 Å². The third kappa shape index (κ3) is 4.09. The van der Waals surface area contributed by atoms with E-state index < -0.39 is 6.43 Å². The fourth-order valence-electron chi connectivity index (χ4n) is 1.06. The number of hydrogen-bond acceptors (Lipinski definition) is 1. The van der Waals surface area contributed by atoms with E-state index in [1.165, 1.54) is 12.1 Å². The van der Waals surface area contributed by atoms with Crippen LogP contribution in [0.2, 0.25) is 0 Å². The van der Waals surface area contributed by atoms with Crippen LogP contribution in [0.3, 0.4) is 0 Å². The smallest absolute Gasteiger partial charge is 0.263 e. The molecule has 0 aliphatic carbocycles. The Morgan fingerprint density at radius 2 is 1.93 bits per heavy atom. The number of nitrogens with one attached hydrogen (secondary N) is 1. The zero-order valence-electron chi connectivity index (χ0n) is 8.56. The van der Waals surface area contributed by atoms with Gasteiger partial charge in [-0.3, -0.25) is 0 Å². The van der Waals surface area contributed by atoms with E-state index in [-0.39, 0.29) is 5.56 Å². The van der Waals surface area contributed by atoms with Gasteiger partial charge < -0.3 is 5.32 Å². The van der Waals surface area contributed by atoms with Crippen LogP contribution in [0.1, 0.15) is 24.0 Å². The van der Waals surface area contributed by atoms with Gasteiger partial charge in [0.2, 0.25) is 0 Å². The lowest BCUT2D eigenvalue weighted by Crippen LogP contribution is -2.05. The Hall–Kier alpha value is -1.40. The third-order valence-corrected chi connectivity index (χ3v) is 1.90. The molecule has 0 aromatic heterocycles. The van der Waals surface area contributed by atoms with Gasteiger partial charge in [0.1, 0.15) is 0 Å². The number of halogens is 2. The molecule has 0 spiro atoms. The standard InChI is InChI=1S/C12H13F2N/c1-15-9-3-2-4-10-5-7-11(8-6-10)12(13)14/h5-8,12,15H,3,9H2,1H3. The fraction of sp³-hybridized carbons (Fsp3) is 0.333. The molecule has 1 N–H and O–H groups in total. The van der Waals surface area contributed by atoms with E-state index in [1.54, 1.807) is 12.1 Å². The highest BCUT2D eigenvalue weighted by Crippen LogP contribution is 2.18. The summed E-state index contributed by atoms with van der Waals surface area (Å²) in [5.74, 6) is 5.86. The van der Waals surface area contributed by atoms with Crippen molar-refractivity contribution >= 4 is 0 Å². The van der Waals surface area contributed by atoms with Gasteiger partial charge in [-0.05, 0) is 19.2 Å². The normalized spacial score (nSPS) is 9.87. The predicted molar refractivity (Wildman–Crippen MR) is 56.8 cm³/mol. The molecule has 80 valence electrons. The van der Waals surface area contributed by atoms with Crippen molar-refractivity contribution in [3.05, 3.63) is 35.4 Å². The highest BCUT2D eigenvalue weighted by Gasteiger charge is 2.04. The molecule has 1 rings (SSSR count). The molecule has 0 aliphatic heterocycles. The van der Waals surface area contributed by atoms with Crippen molar-refractivity contribution in [1.29, 1.82) is 0 Å². The zero-order chi connectivity index (χ0) is 11.1. The maximum absolute atomic E-state index is 12.2. The first-order chi connectivity index (χ1) is 7.24. The summed E-state index contributed by atoms with van der Waals surface area (Å²) in [5.41, 5.74) is 0.811. The first kappa shape index (κ1) is 11.7. The zero-order valence-corrected chi connectivity index (χ0v) is 8.56. The van der Waals surface area contributed by atoms with Gasteiger partial charge in [-0.1, -0.05) is 24.0 Å². The molecule has 0 fully saturated rings. The van der Waals surface area contributed by atoms with E-state index in [0.717, 1.165) is 18.5 Å². The highest BCUT2D eigenvalue weighted by atomic mass is 19.3. The molecule has 0 unspecified atom stereocenters. The second-order valence-electron chi connectivity index (χ2n) is 3.08. The van der Waals surface area contributed by atoms with Crippen molar-refractivity contribution in [1.82, 2.24) is 5.32 Å². The van der Waals surface area contributed by atoms with Gasteiger partial charge in [0.25, 0.3) is 6.43 Å². The Kier molecular flexibility index (Phi) is 4.79. The molecule has 1 nitrogen and oxygen atoms in total. The van der Waals surface area contributed by atoms with Crippen LogP contribution in [-0.4, -0.2) is 13.6 Å². The van der Waals surface area contributed by atoms with E-state index >= 15 is 0 Å². The number of alkyl halides is 2. The van der Waals surface area contributed by atoms with Crippen LogP contribution >= 0.6 is 0 Å². The van der Waals surface area contributed by atoms with E-state index in [9.17, 15) is 8.78 Å². The minimum Gasteiger partial charge on any atom is -0.319 e. The monoisotopic (exact) mass is 209 g/mol. The van der Waals surface area contributed by atoms with Crippen molar-refractivity contribution in [2.45, 2.75) is 12.8 Å². The van der Waals surface area contributed by atoms with Crippen LogP contribution in [0.25, 0.3) is 0 Å². The SMILES string of the molecule is CNCCC#Cc1ccc(C(F)F)cc1. The van der Waals surface area contributed by atoms with Gasteiger partial charge in [0.15, 0.2) is 0 Å². The second-order valence-corrected chi connectivity index (χ2v) is 3.08. The molecule has 0 saturated heterocycles. The lowest BCUT2D eigenvalue weighted by Gasteiger charge is -1.97. The van der Waals surface area contributed by atoms with E-state index in [0.29, 0.717) is 0 Å². The summed E-state index contributed by atoms with van der Waals surface area (Å²) in [4.78, 5) is 0. The Morgan fingerprint density at radius 3 is 2.47 bits per heavy atom. The molecule has 0 radical (unpaired) electrons. The van der Waals surface area contributed by atoms with Gasteiger partial charge in [-0.15, -0.1) is 0 Å².